The van der Waals surface area contributed by atoms with E-state index in [-0.39, 0.29) is 23.5 Å². The zero-order valence-electron chi connectivity index (χ0n) is 16.6. The largest absolute Gasteiger partial charge is 0.355 e. The summed E-state index contributed by atoms with van der Waals surface area (Å²) in [6.07, 6.45) is 1.07. The highest BCUT2D eigenvalue weighted by Crippen LogP contribution is 2.24. The first-order valence-electron chi connectivity index (χ1n) is 9.90. The number of rotatable bonds is 7. The fourth-order valence-corrected chi connectivity index (χ4v) is 5.47. The second-order valence-electron chi connectivity index (χ2n) is 7.58. The molecule has 0 aromatic heterocycles. The monoisotopic (exact) mass is 434 g/mol. The van der Waals surface area contributed by atoms with Gasteiger partial charge in [0, 0.05) is 30.6 Å². The molecule has 29 heavy (non-hydrogen) atoms. The molecule has 0 spiro atoms. The van der Waals surface area contributed by atoms with Crippen molar-refractivity contribution in [3.8, 4) is 0 Å². The smallest absolute Gasteiger partial charge is 0.223 e. The summed E-state index contributed by atoms with van der Waals surface area (Å²) in [7, 11) is -3.45. The zero-order valence-corrected chi connectivity index (χ0v) is 18.1. The van der Waals surface area contributed by atoms with Crippen LogP contribution in [-0.2, 0) is 20.6 Å². The van der Waals surface area contributed by atoms with Crippen molar-refractivity contribution >= 4 is 27.5 Å². The lowest BCUT2D eigenvalue weighted by atomic mass is 9.96. The number of piperidine rings is 1. The molecule has 0 bridgehead atoms. The molecule has 0 radical (unpaired) electrons. The number of hydrogen-bond donors (Lipinski definition) is 1. The number of halogens is 1. The predicted octanol–water partition coefficient (Wildman–Crippen LogP) is 3.80. The average Bonchev–Trinajstić information content (AvgIpc) is 2.74. The van der Waals surface area contributed by atoms with Gasteiger partial charge in [0.05, 0.1) is 5.75 Å². The lowest BCUT2D eigenvalue weighted by Crippen LogP contribution is -2.43. The van der Waals surface area contributed by atoms with Gasteiger partial charge in [-0.15, -0.1) is 0 Å². The molecule has 2 aromatic rings. The first-order chi connectivity index (χ1) is 13.9. The second kappa shape index (κ2) is 9.74. The summed E-state index contributed by atoms with van der Waals surface area (Å²) in [5.41, 5.74) is 1.79. The quantitative estimate of drug-likeness (QED) is 0.720. The summed E-state index contributed by atoms with van der Waals surface area (Å²) in [6.45, 7) is 3.38. The Bertz CT molecular complexity index is 926. The van der Waals surface area contributed by atoms with Crippen molar-refractivity contribution < 1.29 is 13.2 Å². The minimum absolute atomic E-state index is 0.0101. The maximum absolute atomic E-state index is 12.7. The summed E-state index contributed by atoms with van der Waals surface area (Å²) >= 11 is 6.10. The van der Waals surface area contributed by atoms with E-state index in [1.807, 2.05) is 18.2 Å². The Morgan fingerprint density at radius 2 is 1.72 bits per heavy atom. The van der Waals surface area contributed by atoms with Gasteiger partial charge < -0.3 is 5.32 Å². The molecule has 1 aliphatic heterocycles. The van der Waals surface area contributed by atoms with Gasteiger partial charge in [0.15, 0.2) is 0 Å². The van der Waals surface area contributed by atoms with Crippen molar-refractivity contribution in [2.45, 2.75) is 31.4 Å². The van der Waals surface area contributed by atoms with Crippen LogP contribution in [0.15, 0.2) is 54.6 Å². The number of benzene rings is 2. The number of hydrogen-bond acceptors (Lipinski definition) is 3. The van der Waals surface area contributed by atoms with E-state index in [1.165, 1.54) is 9.87 Å². The van der Waals surface area contributed by atoms with Crippen LogP contribution in [0.2, 0.25) is 5.02 Å². The van der Waals surface area contributed by atoms with E-state index >= 15 is 0 Å². The lowest BCUT2D eigenvalue weighted by molar-refractivity contribution is -0.126. The third kappa shape index (κ3) is 5.81. The fraction of sp³-hybridized carbons (Fsp3) is 0.409. The van der Waals surface area contributed by atoms with Crippen molar-refractivity contribution in [3.63, 3.8) is 0 Å². The van der Waals surface area contributed by atoms with E-state index in [0.29, 0.717) is 43.1 Å². The number of nitrogens with zero attached hydrogens (tertiary/aromatic N) is 1. The molecule has 1 amide bonds. The molecule has 2 aromatic carbocycles. The Morgan fingerprint density at radius 1 is 1.10 bits per heavy atom. The summed E-state index contributed by atoms with van der Waals surface area (Å²) in [4.78, 5) is 12.5. The van der Waals surface area contributed by atoms with Crippen LogP contribution in [0.25, 0.3) is 0 Å². The molecular formula is C22H27ClN2O3S. The van der Waals surface area contributed by atoms with Gasteiger partial charge in [-0.05, 0) is 36.0 Å². The van der Waals surface area contributed by atoms with E-state index in [2.05, 4.69) is 24.4 Å². The van der Waals surface area contributed by atoms with E-state index < -0.39 is 10.0 Å². The standard InChI is InChI=1S/C22H27ClN2O3S/c1-17(18-7-3-2-4-8-18)15-24-22(26)19-11-13-25(14-12-19)29(27,28)16-20-9-5-6-10-21(20)23/h2-10,17,19H,11-16H2,1H3,(H,24,26)/t17-/m1/s1. The Labute approximate surface area is 178 Å². The van der Waals surface area contributed by atoms with Crippen molar-refractivity contribution in [1.29, 1.82) is 0 Å². The highest BCUT2D eigenvalue weighted by Gasteiger charge is 2.31. The normalized spacial score (nSPS) is 17.0. The fourth-order valence-electron chi connectivity index (χ4n) is 3.60. The lowest BCUT2D eigenvalue weighted by Gasteiger charge is -2.31. The maximum Gasteiger partial charge on any atom is 0.223 e. The van der Waals surface area contributed by atoms with Crippen LogP contribution in [-0.4, -0.2) is 38.3 Å². The van der Waals surface area contributed by atoms with Crippen LogP contribution in [0.4, 0.5) is 0 Å². The second-order valence-corrected chi connectivity index (χ2v) is 9.95. The van der Waals surface area contributed by atoms with Gasteiger partial charge in [-0.3, -0.25) is 4.79 Å². The van der Waals surface area contributed by atoms with Crippen molar-refractivity contribution in [2.24, 2.45) is 5.92 Å². The van der Waals surface area contributed by atoms with Gasteiger partial charge in [0.2, 0.25) is 15.9 Å². The van der Waals surface area contributed by atoms with Crippen LogP contribution >= 0.6 is 11.6 Å². The molecule has 1 N–H and O–H groups in total. The van der Waals surface area contributed by atoms with Crippen LogP contribution in [0.5, 0.6) is 0 Å². The van der Waals surface area contributed by atoms with Gasteiger partial charge in [-0.25, -0.2) is 12.7 Å². The Morgan fingerprint density at radius 3 is 2.38 bits per heavy atom. The summed E-state index contributed by atoms with van der Waals surface area (Å²) < 4.78 is 26.9. The van der Waals surface area contributed by atoms with Crippen molar-refractivity contribution in [3.05, 3.63) is 70.7 Å². The minimum atomic E-state index is -3.45. The molecule has 156 valence electrons. The van der Waals surface area contributed by atoms with Crippen molar-refractivity contribution in [2.75, 3.05) is 19.6 Å². The van der Waals surface area contributed by atoms with Crippen LogP contribution in [0.3, 0.4) is 0 Å². The SMILES string of the molecule is C[C@H](CNC(=O)C1CCN(S(=O)(=O)Cc2ccccc2Cl)CC1)c1ccccc1. The van der Waals surface area contributed by atoms with E-state index in [4.69, 9.17) is 11.6 Å². The third-order valence-electron chi connectivity index (χ3n) is 5.46. The number of nitrogens with one attached hydrogen (secondary N) is 1. The van der Waals surface area contributed by atoms with Gasteiger partial charge in [0.25, 0.3) is 0 Å². The highest BCUT2D eigenvalue weighted by molar-refractivity contribution is 7.88. The van der Waals surface area contributed by atoms with Gasteiger partial charge in [0.1, 0.15) is 0 Å². The Kier molecular flexibility index (Phi) is 7.33. The van der Waals surface area contributed by atoms with Crippen LogP contribution in [0.1, 0.15) is 36.8 Å². The Hall–Kier alpha value is -1.89. The molecule has 1 fully saturated rings. The first kappa shape index (κ1) is 21.8. The summed E-state index contributed by atoms with van der Waals surface area (Å²) in [5, 5.41) is 3.48. The van der Waals surface area contributed by atoms with Gasteiger partial charge in [-0.1, -0.05) is 67.1 Å². The summed E-state index contributed by atoms with van der Waals surface area (Å²) in [5.74, 6) is -0.0186. The molecule has 3 rings (SSSR count). The topological polar surface area (TPSA) is 66.5 Å². The molecular weight excluding hydrogens is 408 g/mol. The molecule has 1 heterocycles. The van der Waals surface area contributed by atoms with Gasteiger partial charge in [-0.2, -0.15) is 0 Å². The highest BCUT2D eigenvalue weighted by atomic mass is 35.5. The average molecular weight is 435 g/mol. The third-order valence-corrected chi connectivity index (χ3v) is 7.66. The molecule has 0 aliphatic carbocycles. The molecule has 7 heteroatoms. The zero-order chi connectivity index (χ0) is 20.9. The number of carbonyl (C=O) groups is 1. The van der Waals surface area contributed by atoms with Gasteiger partial charge >= 0.3 is 0 Å². The maximum atomic E-state index is 12.7. The molecule has 5 nitrogen and oxygen atoms in total. The minimum Gasteiger partial charge on any atom is -0.355 e. The Balaban J connectivity index is 1.49. The van der Waals surface area contributed by atoms with E-state index in [1.54, 1.807) is 24.3 Å². The number of carbonyl (C=O) groups excluding carboxylic acids is 1. The first-order valence-corrected chi connectivity index (χ1v) is 11.9. The molecule has 1 atom stereocenters. The molecule has 1 saturated heterocycles. The predicted molar refractivity (Wildman–Crippen MR) is 116 cm³/mol. The van der Waals surface area contributed by atoms with Crippen LogP contribution < -0.4 is 5.32 Å². The van der Waals surface area contributed by atoms with E-state index in [9.17, 15) is 13.2 Å². The molecule has 1 aliphatic rings. The number of sulfonamides is 1. The van der Waals surface area contributed by atoms with Crippen LogP contribution in [0, 0.1) is 5.92 Å². The molecule has 0 saturated carbocycles. The van der Waals surface area contributed by atoms with E-state index in [0.717, 1.165) is 0 Å². The number of amides is 1. The van der Waals surface area contributed by atoms with Crippen molar-refractivity contribution in [1.82, 2.24) is 9.62 Å². The molecule has 0 unspecified atom stereocenters. The summed E-state index contributed by atoms with van der Waals surface area (Å²) in [6, 6.07) is 17.1.